The maximum absolute atomic E-state index is 13.4. The van der Waals surface area contributed by atoms with E-state index in [2.05, 4.69) is 4.98 Å². The Bertz CT molecular complexity index is 1300. The SMILES string of the molecule is Cc1ccccc1C[C@@H](C(=O)Cc1nc2ccccc2o1)c1ccc(S(C)(=O)=O)cc1. The van der Waals surface area contributed by atoms with E-state index >= 15 is 0 Å². The van der Waals surface area contributed by atoms with E-state index < -0.39 is 15.8 Å². The average Bonchev–Trinajstić information content (AvgIpc) is 3.15. The van der Waals surface area contributed by atoms with Crippen molar-refractivity contribution in [1.29, 1.82) is 0 Å². The number of rotatable bonds is 7. The summed E-state index contributed by atoms with van der Waals surface area (Å²) in [5.74, 6) is -0.0830. The lowest BCUT2D eigenvalue weighted by Crippen LogP contribution is -2.18. The predicted octanol–water partition coefficient (Wildman–Crippen LogP) is 4.68. The van der Waals surface area contributed by atoms with Crippen molar-refractivity contribution >= 4 is 26.7 Å². The third-order valence-corrected chi connectivity index (χ3v) is 6.58. The van der Waals surface area contributed by atoms with Crippen LogP contribution in [0.4, 0.5) is 0 Å². The Balaban J connectivity index is 1.67. The molecule has 0 spiro atoms. The standard InChI is InChI=1S/C25H23NO4S/c1-17-7-3-4-8-19(17)15-21(18-11-13-20(14-12-18)31(2,28)29)23(27)16-25-26-22-9-5-6-10-24(22)30-25/h3-14,21H,15-16H2,1-2H3/t21-/m1/s1. The molecule has 0 radical (unpaired) electrons. The molecule has 0 bridgehead atoms. The van der Waals surface area contributed by atoms with Crippen LogP contribution >= 0.6 is 0 Å². The molecule has 0 unspecified atom stereocenters. The third-order valence-electron chi connectivity index (χ3n) is 5.45. The van der Waals surface area contributed by atoms with Gasteiger partial charge in [-0.1, -0.05) is 48.5 Å². The van der Waals surface area contributed by atoms with Crippen LogP contribution < -0.4 is 0 Å². The number of nitrogens with zero attached hydrogens (tertiary/aromatic N) is 1. The highest BCUT2D eigenvalue weighted by atomic mass is 32.2. The number of fused-ring (bicyclic) bond motifs is 1. The van der Waals surface area contributed by atoms with Crippen LogP contribution in [0.5, 0.6) is 0 Å². The van der Waals surface area contributed by atoms with Gasteiger partial charge in [0, 0.05) is 12.2 Å². The number of ketones is 1. The van der Waals surface area contributed by atoms with Crippen LogP contribution in [0.25, 0.3) is 11.1 Å². The van der Waals surface area contributed by atoms with Gasteiger partial charge in [-0.2, -0.15) is 0 Å². The number of sulfone groups is 1. The minimum Gasteiger partial charge on any atom is -0.440 e. The van der Waals surface area contributed by atoms with Gasteiger partial charge in [0.2, 0.25) is 5.89 Å². The summed E-state index contributed by atoms with van der Waals surface area (Å²) in [7, 11) is -3.30. The quantitative estimate of drug-likeness (QED) is 0.423. The first-order chi connectivity index (χ1) is 14.8. The van der Waals surface area contributed by atoms with E-state index in [0.29, 0.717) is 17.9 Å². The number of oxazole rings is 1. The molecule has 0 aliphatic carbocycles. The summed E-state index contributed by atoms with van der Waals surface area (Å²) < 4.78 is 29.4. The van der Waals surface area contributed by atoms with Gasteiger partial charge in [0.05, 0.1) is 11.3 Å². The minimum atomic E-state index is -3.30. The van der Waals surface area contributed by atoms with Crippen LogP contribution in [0.2, 0.25) is 0 Å². The summed E-state index contributed by atoms with van der Waals surface area (Å²) in [6.45, 7) is 2.02. The first-order valence-corrected chi connectivity index (χ1v) is 11.9. The van der Waals surface area contributed by atoms with Crippen molar-refractivity contribution in [3.8, 4) is 0 Å². The van der Waals surface area contributed by atoms with Crippen LogP contribution in [0, 0.1) is 6.92 Å². The third kappa shape index (κ3) is 4.75. The second kappa shape index (κ2) is 8.47. The zero-order valence-corrected chi connectivity index (χ0v) is 18.2. The van der Waals surface area contributed by atoms with Gasteiger partial charge in [-0.15, -0.1) is 0 Å². The van der Waals surface area contributed by atoms with Crippen LogP contribution in [-0.4, -0.2) is 25.4 Å². The molecule has 0 amide bonds. The second-order valence-corrected chi connectivity index (χ2v) is 9.76. The molecule has 158 valence electrons. The summed E-state index contributed by atoms with van der Waals surface area (Å²) >= 11 is 0. The molecule has 0 fully saturated rings. The molecule has 6 heteroatoms. The molecular weight excluding hydrogens is 410 g/mol. The van der Waals surface area contributed by atoms with Crippen molar-refractivity contribution in [3.05, 3.63) is 95.4 Å². The molecule has 3 aromatic carbocycles. The van der Waals surface area contributed by atoms with E-state index in [4.69, 9.17) is 4.42 Å². The fourth-order valence-electron chi connectivity index (χ4n) is 3.69. The van der Waals surface area contributed by atoms with E-state index in [0.717, 1.165) is 22.2 Å². The Labute approximate surface area is 181 Å². The minimum absolute atomic E-state index is 0.0260. The largest absolute Gasteiger partial charge is 0.440 e. The molecule has 0 aliphatic heterocycles. The molecule has 4 rings (SSSR count). The first-order valence-electron chi connectivity index (χ1n) is 10.0. The van der Waals surface area contributed by atoms with Crippen LogP contribution in [0.1, 0.15) is 28.5 Å². The van der Waals surface area contributed by atoms with Crippen molar-refractivity contribution in [2.75, 3.05) is 6.26 Å². The smallest absolute Gasteiger partial charge is 0.202 e. The Morgan fingerprint density at radius 3 is 2.32 bits per heavy atom. The van der Waals surface area contributed by atoms with Crippen molar-refractivity contribution in [2.45, 2.75) is 30.6 Å². The summed E-state index contributed by atoms with van der Waals surface area (Å²) in [5, 5.41) is 0. The normalized spacial score (nSPS) is 12.7. The van der Waals surface area contributed by atoms with Crippen LogP contribution in [0.15, 0.2) is 82.1 Å². The zero-order chi connectivity index (χ0) is 22.0. The Morgan fingerprint density at radius 1 is 0.968 bits per heavy atom. The molecule has 1 heterocycles. The van der Waals surface area contributed by atoms with Crippen molar-refractivity contribution in [3.63, 3.8) is 0 Å². The van der Waals surface area contributed by atoms with E-state index in [1.807, 2.05) is 55.5 Å². The number of carbonyl (C=O) groups excluding carboxylic acids is 1. The highest BCUT2D eigenvalue weighted by Crippen LogP contribution is 2.27. The predicted molar refractivity (Wildman–Crippen MR) is 120 cm³/mol. The first kappa shape index (κ1) is 21.0. The molecule has 0 saturated carbocycles. The molecule has 4 aromatic rings. The lowest BCUT2D eigenvalue weighted by atomic mass is 9.86. The van der Waals surface area contributed by atoms with E-state index in [1.54, 1.807) is 24.3 Å². The Kier molecular flexibility index (Phi) is 5.74. The van der Waals surface area contributed by atoms with Crippen LogP contribution in [-0.2, 0) is 27.5 Å². The molecule has 31 heavy (non-hydrogen) atoms. The van der Waals surface area contributed by atoms with Crippen molar-refractivity contribution in [1.82, 2.24) is 4.98 Å². The van der Waals surface area contributed by atoms with Gasteiger partial charge in [0.15, 0.2) is 15.4 Å². The second-order valence-electron chi connectivity index (χ2n) is 7.74. The topological polar surface area (TPSA) is 77.2 Å². The summed E-state index contributed by atoms with van der Waals surface area (Å²) in [4.78, 5) is 18.0. The molecule has 1 aromatic heterocycles. The molecule has 0 saturated heterocycles. The molecule has 5 nitrogen and oxygen atoms in total. The van der Waals surface area contributed by atoms with Gasteiger partial charge in [-0.3, -0.25) is 4.79 Å². The van der Waals surface area contributed by atoms with Gasteiger partial charge >= 0.3 is 0 Å². The number of benzene rings is 3. The Morgan fingerprint density at radius 2 is 1.65 bits per heavy atom. The number of Topliss-reactive ketones (excluding diaryl/α,β-unsaturated/α-hetero) is 1. The number of aryl methyl sites for hydroxylation is 1. The van der Waals surface area contributed by atoms with Gasteiger partial charge in [0.25, 0.3) is 0 Å². The average molecular weight is 434 g/mol. The van der Waals surface area contributed by atoms with Gasteiger partial charge in [0.1, 0.15) is 11.3 Å². The fraction of sp³-hybridized carbons (Fsp3) is 0.200. The monoisotopic (exact) mass is 433 g/mol. The maximum Gasteiger partial charge on any atom is 0.202 e. The highest BCUT2D eigenvalue weighted by Gasteiger charge is 2.24. The van der Waals surface area contributed by atoms with Gasteiger partial charge < -0.3 is 4.42 Å². The molecule has 1 atom stereocenters. The Hall–Kier alpha value is -3.25. The number of para-hydroxylation sites is 2. The van der Waals surface area contributed by atoms with E-state index in [-0.39, 0.29) is 17.1 Å². The van der Waals surface area contributed by atoms with Gasteiger partial charge in [-0.05, 0) is 54.3 Å². The number of aromatic nitrogens is 1. The van der Waals surface area contributed by atoms with Crippen molar-refractivity contribution < 1.29 is 17.6 Å². The number of hydrogen-bond acceptors (Lipinski definition) is 5. The molecular formula is C25H23NO4S. The molecule has 0 aliphatic rings. The summed E-state index contributed by atoms with van der Waals surface area (Å²) in [6, 6.07) is 21.9. The summed E-state index contributed by atoms with van der Waals surface area (Å²) in [5.41, 5.74) is 4.33. The number of carbonyl (C=O) groups is 1. The van der Waals surface area contributed by atoms with Crippen LogP contribution in [0.3, 0.4) is 0 Å². The zero-order valence-electron chi connectivity index (χ0n) is 17.4. The maximum atomic E-state index is 13.4. The fourth-order valence-corrected chi connectivity index (χ4v) is 4.32. The van der Waals surface area contributed by atoms with E-state index in [9.17, 15) is 13.2 Å². The van der Waals surface area contributed by atoms with Crippen molar-refractivity contribution in [2.24, 2.45) is 0 Å². The summed E-state index contributed by atoms with van der Waals surface area (Å²) in [6.07, 6.45) is 1.76. The van der Waals surface area contributed by atoms with Gasteiger partial charge in [-0.25, -0.2) is 13.4 Å². The molecule has 0 N–H and O–H groups in total. The highest BCUT2D eigenvalue weighted by molar-refractivity contribution is 7.90. The lowest BCUT2D eigenvalue weighted by molar-refractivity contribution is -0.120. The lowest BCUT2D eigenvalue weighted by Gasteiger charge is -2.17. The van der Waals surface area contributed by atoms with E-state index in [1.165, 1.54) is 6.26 Å². The number of hydrogen-bond donors (Lipinski definition) is 0.